The van der Waals surface area contributed by atoms with Crippen molar-refractivity contribution < 1.29 is 14.7 Å². The number of nitrogens with one attached hydrogen (secondary N) is 1. The van der Waals surface area contributed by atoms with E-state index in [2.05, 4.69) is 5.32 Å². The third-order valence-corrected chi connectivity index (χ3v) is 3.40. The summed E-state index contributed by atoms with van der Waals surface area (Å²) in [6, 6.07) is 0. The van der Waals surface area contributed by atoms with Crippen LogP contribution >= 0.6 is 0 Å². The fourth-order valence-electron chi connectivity index (χ4n) is 2.81. The van der Waals surface area contributed by atoms with Crippen molar-refractivity contribution in [2.45, 2.75) is 13.3 Å². The first-order valence-electron chi connectivity index (χ1n) is 5.34. The van der Waals surface area contributed by atoms with E-state index in [1.54, 1.807) is 0 Å². The zero-order chi connectivity index (χ0) is 11.0. The molecule has 0 aromatic rings. The summed E-state index contributed by atoms with van der Waals surface area (Å²) in [5.41, 5.74) is 0. The Balaban J connectivity index is 2.19. The molecule has 2 rings (SSSR count). The van der Waals surface area contributed by atoms with E-state index in [0.717, 1.165) is 6.42 Å². The highest BCUT2D eigenvalue weighted by molar-refractivity contribution is 5.86. The van der Waals surface area contributed by atoms with Gasteiger partial charge in [0.1, 0.15) is 0 Å². The Bertz CT molecular complexity index is 324. The summed E-state index contributed by atoms with van der Waals surface area (Å²) in [6.45, 7) is 2.40. The van der Waals surface area contributed by atoms with E-state index in [9.17, 15) is 9.59 Å². The van der Waals surface area contributed by atoms with E-state index in [4.69, 9.17) is 5.11 Å². The molecule has 2 aliphatic carbocycles. The Kier molecular flexibility index (Phi) is 2.50. The van der Waals surface area contributed by atoms with Crippen LogP contribution in [0.25, 0.3) is 0 Å². The molecule has 2 N–H and O–H groups in total. The van der Waals surface area contributed by atoms with E-state index < -0.39 is 11.9 Å². The molecule has 15 heavy (non-hydrogen) atoms. The molecule has 0 saturated heterocycles. The smallest absolute Gasteiger partial charge is 0.307 e. The molecule has 1 saturated carbocycles. The van der Waals surface area contributed by atoms with Gasteiger partial charge in [0.2, 0.25) is 5.91 Å². The Hall–Kier alpha value is -1.32. The minimum atomic E-state index is -0.844. The van der Waals surface area contributed by atoms with Crippen LogP contribution in [0.2, 0.25) is 0 Å². The van der Waals surface area contributed by atoms with Gasteiger partial charge in [-0.2, -0.15) is 0 Å². The first-order chi connectivity index (χ1) is 7.15. The molecule has 0 heterocycles. The predicted molar refractivity (Wildman–Crippen MR) is 54.0 cm³/mol. The number of rotatable bonds is 3. The maximum Gasteiger partial charge on any atom is 0.307 e. The lowest BCUT2D eigenvalue weighted by Gasteiger charge is -2.23. The van der Waals surface area contributed by atoms with E-state index in [0.29, 0.717) is 6.54 Å². The fraction of sp³-hybridized carbons (Fsp3) is 0.636. The second-order valence-electron chi connectivity index (χ2n) is 4.23. The number of carbonyl (C=O) groups excluding carboxylic acids is 1. The van der Waals surface area contributed by atoms with Gasteiger partial charge in [-0.25, -0.2) is 0 Å². The second-order valence-corrected chi connectivity index (χ2v) is 4.23. The summed E-state index contributed by atoms with van der Waals surface area (Å²) < 4.78 is 0. The van der Waals surface area contributed by atoms with Crippen LogP contribution in [0.1, 0.15) is 13.3 Å². The summed E-state index contributed by atoms with van der Waals surface area (Å²) >= 11 is 0. The number of hydrogen-bond donors (Lipinski definition) is 2. The number of carboxylic acids is 1. The monoisotopic (exact) mass is 209 g/mol. The van der Waals surface area contributed by atoms with Gasteiger partial charge in [-0.15, -0.1) is 0 Å². The molecule has 4 heteroatoms. The molecule has 2 aliphatic rings. The quantitative estimate of drug-likeness (QED) is 0.670. The Labute approximate surface area is 88.4 Å². The lowest BCUT2D eigenvalue weighted by Crippen LogP contribution is -2.40. The van der Waals surface area contributed by atoms with Gasteiger partial charge in [0.15, 0.2) is 0 Å². The number of aliphatic carboxylic acids is 1. The first-order valence-corrected chi connectivity index (χ1v) is 5.34. The average Bonchev–Trinajstić information content (AvgIpc) is 2.76. The van der Waals surface area contributed by atoms with Crippen LogP contribution in [-0.2, 0) is 9.59 Å². The number of fused-ring (bicyclic) bond motifs is 2. The zero-order valence-corrected chi connectivity index (χ0v) is 8.64. The van der Waals surface area contributed by atoms with Crippen LogP contribution in [0.15, 0.2) is 12.2 Å². The third-order valence-electron chi connectivity index (χ3n) is 3.40. The van der Waals surface area contributed by atoms with Gasteiger partial charge in [-0.05, 0) is 25.2 Å². The normalized spacial score (nSPS) is 36.9. The molecule has 1 amide bonds. The number of carbonyl (C=O) groups is 2. The van der Waals surface area contributed by atoms with Crippen molar-refractivity contribution in [3.05, 3.63) is 12.2 Å². The van der Waals surface area contributed by atoms with Crippen molar-refractivity contribution in [3.8, 4) is 0 Å². The Morgan fingerprint density at radius 1 is 1.33 bits per heavy atom. The van der Waals surface area contributed by atoms with E-state index in [1.807, 2.05) is 19.1 Å². The summed E-state index contributed by atoms with van der Waals surface area (Å²) in [7, 11) is 0. The van der Waals surface area contributed by atoms with E-state index >= 15 is 0 Å². The molecule has 2 unspecified atom stereocenters. The van der Waals surface area contributed by atoms with Crippen molar-refractivity contribution in [3.63, 3.8) is 0 Å². The molecule has 2 bridgehead atoms. The van der Waals surface area contributed by atoms with Crippen molar-refractivity contribution in [1.29, 1.82) is 0 Å². The SMILES string of the molecule is CCNC(=O)[C@H]1C2C=CC(C2)[C@H]1C(=O)O. The average molecular weight is 209 g/mol. The fourth-order valence-corrected chi connectivity index (χ4v) is 2.81. The van der Waals surface area contributed by atoms with Crippen molar-refractivity contribution in [1.82, 2.24) is 5.32 Å². The lowest BCUT2D eigenvalue weighted by molar-refractivity contribution is -0.147. The first kappa shape index (κ1) is 10.2. The van der Waals surface area contributed by atoms with Crippen LogP contribution in [0.3, 0.4) is 0 Å². The predicted octanol–water partition coefficient (Wildman–Crippen LogP) is 0.645. The van der Waals surface area contributed by atoms with E-state index in [-0.39, 0.29) is 23.7 Å². The third kappa shape index (κ3) is 1.54. The number of carboxylic acid groups (broad SMARTS) is 1. The second kappa shape index (κ2) is 3.68. The van der Waals surface area contributed by atoms with Gasteiger partial charge in [0.25, 0.3) is 0 Å². The number of amides is 1. The molecule has 1 fully saturated rings. The molecule has 0 spiro atoms. The molecular formula is C11H15NO3. The molecule has 0 radical (unpaired) electrons. The lowest BCUT2D eigenvalue weighted by atomic mass is 9.82. The molecule has 0 aliphatic heterocycles. The van der Waals surface area contributed by atoms with Crippen LogP contribution in [0.5, 0.6) is 0 Å². The molecule has 4 atom stereocenters. The molecule has 4 nitrogen and oxygen atoms in total. The molecule has 0 aromatic heterocycles. The minimum Gasteiger partial charge on any atom is -0.481 e. The zero-order valence-electron chi connectivity index (χ0n) is 8.64. The highest BCUT2D eigenvalue weighted by atomic mass is 16.4. The molecule has 82 valence electrons. The van der Waals surface area contributed by atoms with Crippen LogP contribution in [-0.4, -0.2) is 23.5 Å². The van der Waals surface area contributed by atoms with E-state index in [1.165, 1.54) is 0 Å². The van der Waals surface area contributed by atoms with Crippen LogP contribution in [0.4, 0.5) is 0 Å². The molecule has 0 aromatic carbocycles. The van der Waals surface area contributed by atoms with Crippen molar-refractivity contribution >= 4 is 11.9 Å². The summed E-state index contributed by atoms with van der Waals surface area (Å²) in [5, 5.41) is 11.8. The standard InChI is InChI=1S/C11H15NO3/c1-2-12-10(13)8-6-3-4-7(5-6)9(8)11(14)15/h3-4,6-9H,2,5H2,1H3,(H,12,13)(H,14,15)/t6?,7?,8-,9+/m0/s1. The van der Waals surface area contributed by atoms with Gasteiger partial charge in [0, 0.05) is 6.54 Å². The van der Waals surface area contributed by atoms with Crippen molar-refractivity contribution in [2.75, 3.05) is 6.54 Å². The van der Waals surface area contributed by atoms with Crippen LogP contribution < -0.4 is 5.32 Å². The Morgan fingerprint density at radius 2 is 1.93 bits per heavy atom. The number of hydrogen-bond acceptors (Lipinski definition) is 2. The highest BCUT2D eigenvalue weighted by Gasteiger charge is 2.51. The van der Waals surface area contributed by atoms with Gasteiger partial charge >= 0.3 is 5.97 Å². The topological polar surface area (TPSA) is 66.4 Å². The summed E-state index contributed by atoms with van der Waals surface area (Å²) in [5.74, 6) is -1.66. The van der Waals surface area contributed by atoms with Gasteiger partial charge in [-0.1, -0.05) is 12.2 Å². The van der Waals surface area contributed by atoms with Gasteiger partial charge < -0.3 is 10.4 Å². The maximum absolute atomic E-state index is 11.7. The largest absolute Gasteiger partial charge is 0.481 e. The summed E-state index contributed by atoms with van der Waals surface area (Å²) in [4.78, 5) is 22.8. The van der Waals surface area contributed by atoms with Gasteiger partial charge in [-0.3, -0.25) is 9.59 Å². The summed E-state index contributed by atoms with van der Waals surface area (Å²) in [6.07, 6.45) is 4.75. The maximum atomic E-state index is 11.7. The molecular weight excluding hydrogens is 194 g/mol. The minimum absolute atomic E-state index is 0.0557. The van der Waals surface area contributed by atoms with Gasteiger partial charge in [0.05, 0.1) is 11.8 Å². The van der Waals surface area contributed by atoms with Crippen LogP contribution in [0, 0.1) is 23.7 Å². The highest BCUT2D eigenvalue weighted by Crippen LogP contribution is 2.48. The number of allylic oxidation sites excluding steroid dienone is 2. The van der Waals surface area contributed by atoms with Crippen molar-refractivity contribution in [2.24, 2.45) is 23.7 Å². The Morgan fingerprint density at radius 3 is 2.47 bits per heavy atom.